The van der Waals surface area contributed by atoms with Gasteiger partial charge in [-0.1, -0.05) is 18.9 Å². The Balaban J connectivity index is 0.00000289. The summed E-state index contributed by atoms with van der Waals surface area (Å²) in [6.45, 7) is 4.99. The molecule has 2 aromatic heterocycles. The Bertz CT molecular complexity index is 829. The first-order chi connectivity index (χ1) is 15.3. The molecular weight excluding hydrogens is 513 g/mol. The summed E-state index contributed by atoms with van der Waals surface area (Å²) in [6.07, 6.45) is 11.1. The summed E-state index contributed by atoms with van der Waals surface area (Å²) in [7, 11) is 1.84. The minimum absolute atomic E-state index is 0. The first-order valence-electron chi connectivity index (χ1n) is 11.6. The molecule has 0 aromatic carbocycles. The molecular formula is C24H36IN7. The van der Waals surface area contributed by atoms with Gasteiger partial charge in [0.05, 0.1) is 0 Å². The van der Waals surface area contributed by atoms with Crippen LogP contribution in [0, 0.1) is 0 Å². The number of pyridine rings is 2. The van der Waals surface area contributed by atoms with Gasteiger partial charge in [-0.2, -0.15) is 0 Å². The lowest BCUT2D eigenvalue weighted by Gasteiger charge is -2.33. The van der Waals surface area contributed by atoms with Gasteiger partial charge in [-0.25, -0.2) is 9.97 Å². The second-order valence-electron chi connectivity index (χ2n) is 8.44. The Morgan fingerprint density at radius 1 is 0.938 bits per heavy atom. The SMILES string of the molecule is CN=C(NCc1ccnc(N2CCCCCC2)c1)NC1CCN(c2ccccn2)CC1.I. The van der Waals surface area contributed by atoms with Gasteiger partial charge in [-0.05, 0) is 55.5 Å². The van der Waals surface area contributed by atoms with Crippen LogP contribution in [0.4, 0.5) is 11.6 Å². The van der Waals surface area contributed by atoms with Crippen molar-refractivity contribution in [2.24, 2.45) is 4.99 Å². The molecule has 0 atom stereocenters. The van der Waals surface area contributed by atoms with E-state index in [1.165, 1.54) is 31.2 Å². The lowest BCUT2D eigenvalue weighted by Crippen LogP contribution is -2.48. The standard InChI is InChI=1S/C24H35N7.HI/c1-25-24(29-21-10-16-31(17-11-21)22-8-4-5-12-26-22)28-19-20-9-13-27-23(18-20)30-14-6-2-3-7-15-30;/h4-5,8-9,12-13,18,21H,2-3,6-7,10-11,14-17,19H2,1H3,(H2,25,28,29);1H. The molecule has 32 heavy (non-hydrogen) atoms. The minimum Gasteiger partial charge on any atom is -0.357 e. The molecule has 7 nitrogen and oxygen atoms in total. The van der Waals surface area contributed by atoms with E-state index in [-0.39, 0.29) is 24.0 Å². The van der Waals surface area contributed by atoms with Crippen molar-refractivity contribution in [2.45, 2.75) is 51.1 Å². The van der Waals surface area contributed by atoms with Gasteiger partial charge < -0.3 is 20.4 Å². The normalized spacial score (nSPS) is 18.0. The highest BCUT2D eigenvalue weighted by molar-refractivity contribution is 14.0. The molecule has 0 spiro atoms. The monoisotopic (exact) mass is 549 g/mol. The third-order valence-electron chi connectivity index (χ3n) is 6.23. The van der Waals surface area contributed by atoms with E-state index < -0.39 is 0 Å². The van der Waals surface area contributed by atoms with E-state index in [2.05, 4.69) is 59.7 Å². The number of aliphatic imine (C=N–C) groups is 1. The quantitative estimate of drug-likeness (QED) is 0.336. The highest BCUT2D eigenvalue weighted by atomic mass is 127. The molecule has 0 saturated carbocycles. The summed E-state index contributed by atoms with van der Waals surface area (Å²) in [5, 5.41) is 7.08. The van der Waals surface area contributed by atoms with Crippen LogP contribution in [0.25, 0.3) is 0 Å². The Labute approximate surface area is 209 Å². The van der Waals surface area contributed by atoms with Gasteiger partial charge in [0.2, 0.25) is 0 Å². The number of hydrogen-bond donors (Lipinski definition) is 2. The molecule has 0 unspecified atom stereocenters. The van der Waals surface area contributed by atoms with Gasteiger partial charge >= 0.3 is 0 Å². The highest BCUT2D eigenvalue weighted by Gasteiger charge is 2.20. The number of aromatic nitrogens is 2. The summed E-state index contributed by atoms with van der Waals surface area (Å²) in [6, 6.07) is 10.8. The Hall–Kier alpha value is -2.10. The third kappa shape index (κ3) is 6.95. The molecule has 0 bridgehead atoms. The molecule has 0 amide bonds. The molecule has 2 aliphatic heterocycles. The molecule has 0 aliphatic carbocycles. The molecule has 2 aromatic rings. The summed E-state index contributed by atoms with van der Waals surface area (Å²) < 4.78 is 0. The van der Waals surface area contributed by atoms with Gasteiger partial charge in [0.1, 0.15) is 11.6 Å². The molecule has 2 aliphatic rings. The Kier molecular flexibility index (Phi) is 9.83. The molecule has 2 N–H and O–H groups in total. The summed E-state index contributed by atoms with van der Waals surface area (Å²) in [5.74, 6) is 3.04. The van der Waals surface area contributed by atoms with E-state index >= 15 is 0 Å². The van der Waals surface area contributed by atoms with Crippen molar-refractivity contribution in [1.29, 1.82) is 0 Å². The van der Waals surface area contributed by atoms with Crippen molar-refractivity contribution in [3.05, 3.63) is 48.3 Å². The number of rotatable bonds is 5. The fourth-order valence-electron chi connectivity index (χ4n) is 4.41. The average molecular weight is 550 g/mol. The van der Waals surface area contributed by atoms with Crippen molar-refractivity contribution in [3.8, 4) is 0 Å². The van der Waals surface area contributed by atoms with E-state index in [0.717, 1.165) is 63.2 Å². The van der Waals surface area contributed by atoms with E-state index in [9.17, 15) is 0 Å². The number of halogens is 1. The van der Waals surface area contributed by atoms with Crippen molar-refractivity contribution in [3.63, 3.8) is 0 Å². The van der Waals surface area contributed by atoms with Crippen LogP contribution in [0.1, 0.15) is 44.1 Å². The van der Waals surface area contributed by atoms with Crippen LogP contribution in [0.15, 0.2) is 47.7 Å². The van der Waals surface area contributed by atoms with Crippen LogP contribution in [0.3, 0.4) is 0 Å². The van der Waals surface area contributed by atoms with E-state index in [0.29, 0.717) is 6.04 Å². The van der Waals surface area contributed by atoms with Crippen LogP contribution in [-0.4, -0.2) is 55.2 Å². The van der Waals surface area contributed by atoms with E-state index in [4.69, 9.17) is 0 Å². The van der Waals surface area contributed by atoms with Gasteiger partial charge in [-0.3, -0.25) is 4.99 Å². The topological polar surface area (TPSA) is 68.7 Å². The zero-order valence-corrected chi connectivity index (χ0v) is 21.4. The summed E-state index contributed by atoms with van der Waals surface area (Å²) in [5.41, 5.74) is 1.24. The largest absolute Gasteiger partial charge is 0.357 e. The Morgan fingerprint density at radius 3 is 2.34 bits per heavy atom. The molecule has 2 fully saturated rings. The summed E-state index contributed by atoms with van der Waals surface area (Å²) in [4.78, 5) is 18.3. The maximum atomic E-state index is 4.62. The number of anilines is 2. The van der Waals surface area contributed by atoms with Crippen molar-refractivity contribution >= 4 is 41.6 Å². The predicted octanol–water partition coefficient (Wildman–Crippen LogP) is 3.81. The van der Waals surface area contributed by atoms with E-state index in [1.54, 1.807) is 0 Å². The van der Waals surface area contributed by atoms with Crippen LogP contribution in [0.2, 0.25) is 0 Å². The van der Waals surface area contributed by atoms with Gasteiger partial charge in [-0.15, -0.1) is 24.0 Å². The van der Waals surface area contributed by atoms with Gasteiger partial charge in [0.15, 0.2) is 5.96 Å². The second kappa shape index (κ2) is 12.8. The minimum atomic E-state index is 0. The number of guanidine groups is 1. The molecule has 174 valence electrons. The highest BCUT2D eigenvalue weighted by Crippen LogP contribution is 2.19. The number of nitrogens with zero attached hydrogens (tertiary/aromatic N) is 5. The number of piperidine rings is 1. The maximum absolute atomic E-state index is 4.62. The number of hydrogen-bond acceptors (Lipinski definition) is 5. The van der Waals surface area contributed by atoms with Crippen molar-refractivity contribution in [1.82, 2.24) is 20.6 Å². The van der Waals surface area contributed by atoms with Crippen molar-refractivity contribution in [2.75, 3.05) is 43.0 Å². The van der Waals surface area contributed by atoms with Crippen LogP contribution in [-0.2, 0) is 6.54 Å². The number of nitrogens with one attached hydrogen (secondary N) is 2. The molecule has 2 saturated heterocycles. The van der Waals surface area contributed by atoms with Crippen LogP contribution < -0.4 is 20.4 Å². The molecule has 0 radical (unpaired) electrons. The van der Waals surface area contributed by atoms with E-state index in [1.807, 2.05) is 25.5 Å². The fraction of sp³-hybridized carbons (Fsp3) is 0.542. The molecule has 4 heterocycles. The lowest BCUT2D eigenvalue weighted by atomic mass is 10.1. The third-order valence-corrected chi connectivity index (χ3v) is 6.23. The van der Waals surface area contributed by atoms with Crippen LogP contribution in [0.5, 0.6) is 0 Å². The first kappa shape index (κ1) is 24.5. The second-order valence-corrected chi connectivity index (χ2v) is 8.44. The Morgan fingerprint density at radius 2 is 1.66 bits per heavy atom. The molecule has 8 heteroatoms. The van der Waals surface area contributed by atoms with Crippen LogP contribution >= 0.6 is 24.0 Å². The maximum Gasteiger partial charge on any atom is 0.191 e. The fourth-order valence-corrected chi connectivity index (χ4v) is 4.41. The lowest BCUT2D eigenvalue weighted by molar-refractivity contribution is 0.459. The zero-order valence-electron chi connectivity index (χ0n) is 19.0. The zero-order chi connectivity index (χ0) is 21.3. The first-order valence-corrected chi connectivity index (χ1v) is 11.6. The van der Waals surface area contributed by atoms with Gasteiger partial charge in [0, 0.05) is 58.2 Å². The van der Waals surface area contributed by atoms with Gasteiger partial charge in [0.25, 0.3) is 0 Å². The predicted molar refractivity (Wildman–Crippen MR) is 143 cm³/mol. The average Bonchev–Trinajstić information content (AvgIpc) is 3.13. The smallest absolute Gasteiger partial charge is 0.191 e. The van der Waals surface area contributed by atoms with Crippen molar-refractivity contribution < 1.29 is 0 Å². The molecule has 4 rings (SSSR count). The summed E-state index contributed by atoms with van der Waals surface area (Å²) >= 11 is 0.